The molecule has 0 aliphatic rings. The van der Waals surface area contributed by atoms with Crippen molar-refractivity contribution >= 4 is 5.97 Å². The summed E-state index contributed by atoms with van der Waals surface area (Å²) in [5.74, 6) is -0.811. The summed E-state index contributed by atoms with van der Waals surface area (Å²) in [6, 6.07) is 0. The molecule has 0 bridgehead atoms. The van der Waals surface area contributed by atoms with Crippen molar-refractivity contribution in [1.29, 1.82) is 0 Å². The third-order valence-electron chi connectivity index (χ3n) is 2.22. The summed E-state index contributed by atoms with van der Waals surface area (Å²) in [4.78, 5) is 12.9. The molecule has 14 heavy (non-hydrogen) atoms. The van der Waals surface area contributed by atoms with Gasteiger partial charge in [-0.05, 0) is 20.0 Å². The zero-order valence-electron chi connectivity index (χ0n) is 9.58. The van der Waals surface area contributed by atoms with Crippen LogP contribution in [0, 0.1) is 11.8 Å². The van der Waals surface area contributed by atoms with Gasteiger partial charge in [0.05, 0.1) is 5.92 Å². The van der Waals surface area contributed by atoms with Crippen molar-refractivity contribution < 1.29 is 9.90 Å². The monoisotopic (exact) mass is 202 g/mol. The van der Waals surface area contributed by atoms with Gasteiger partial charge in [0.25, 0.3) is 0 Å². The van der Waals surface area contributed by atoms with Crippen LogP contribution in [-0.4, -0.2) is 49.7 Å². The van der Waals surface area contributed by atoms with Crippen LogP contribution in [0.2, 0.25) is 0 Å². The Morgan fingerprint density at radius 3 is 2.36 bits per heavy atom. The molecule has 0 aromatic rings. The van der Waals surface area contributed by atoms with Crippen LogP contribution in [0.1, 0.15) is 13.8 Å². The number of carboxylic acids is 1. The molecule has 0 heterocycles. The highest BCUT2D eigenvalue weighted by Crippen LogP contribution is 2.09. The van der Waals surface area contributed by atoms with E-state index in [4.69, 9.17) is 5.11 Å². The molecule has 0 saturated heterocycles. The summed E-state index contributed by atoms with van der Waals surface area (Å²) in [7, 11) is 4.00. The summed E-state index contributed by atoms with van der Waals surface area (Å²) in [5, 5.41) is 12.1. The highest BCUT2D eigenvalue weighted by atomic mass is 16.4. The molecule has 1 atom stereocenters. The molecule has 4 heteroatoms. The van der Waals surface area contributed by atoms with E-state index >= 15 is 0 Å². The van der Waals surface area contributed by atoms with Crippen LogP contribution in [0.4, 0.5) is 0 Å². The molecule has 0 radical (unpaired) electrons. The Hall–Kier alpha value is -0.610. The van der Waals surface area contributed by atoms with Gasteiger partial charge >= 0.3 is 5.97 Å². The molecule has 0 aromatic carbocycles. The van der Waals surface area contributed by atoms with Gasteiger partial charge in [0.1, 0.15) is 0 Å². The Labute approximate surface area is 86.3 Å². The summed E-state index contributed by atoms with van der Waals surface area (Å²) < 4.78 is 0. The van der Waals surface area contributed by atoms with Crippen LogP contribution < -0.4 is 5.32 Å². The van der Waals surface area contributed by atoms with Crippen molar-refractivity contribution in [2.75, 3.05) is 33.7 Å². The number of carboxylic acid groups (broad SMARTS) is 1. The molecule has 4 nitrogen and oxygen atoms in total. The minimum absolute atomic E-state index is 0.180. The lowest BCUT2D eigenvalue weighted by Crippen LogP contribution is -2.35. The summed E-state index contributed by atoms with van der Waals surface area (Å²) >= 11 is 0. The summed E-state index contributed by atoms with van der Waals surface area (Å²) in [5.41, 5.74) is 0. The lowest BCUT2D eigenvalue weighted by molar-refractivity contribution is -0.143. The van der Waals surface area contributed by atoms with Crippen molar-refractivity contribution in [3.8, 4) is 0 Å². The Kier molecular flexibility index (Phi) is 6.49. The first-order valence-electron chi connectivity index (χ1n) is 5.03. The molecule has 1 unspecified atom stereocenters. The second kappa shape index (κ2) is 6.79. The second-order valence-electron chi connectivity index (χ2n) is 4.20. The Bertz CT molecular complexity index is 170. The number of carbonyl (C=O) groups is 1. The van der Waals surface area contributed by atoms with Crippen LogP contribution in [-0.2, 0) is 4.79 Å². The maximum Gasteiger partial charge on any atom is 0.308 e. The van der Waals surface area contributed by atoms with Crippen LogP contribution >= 0.6 is 0 Å². The van der Waals surface area contributed by atoms with Gasteiger partial charge in [-0.3, -0.25) is 4.79 Å². The van der Waals surface area contributed by atoms with Crippen LogP contribution in [0.25, 0.3) is 0 Å². The maximum atomic E-state index is 10.8. The average molecular weight is 202 g/mol. The normalized spacial score (nSPS) is 13.6. The lowest BCUT2D eigenvalue weighted by Gasteiger charge is -2.17. The molecule has 0 spiro atoms. The molecular formula is C10H22N2O2. The first-order chi connectivity index (χ1) is 6.45. The molecule has 0 aliphatic carbocycles. The van der Waals surface area contributed by atoms with Gasteiger partial charge in [-0.1, -0.05) is 13.8 Å². The molecule has 0 saturated carbocycles. The Morgan fingerprint density at radius 2 is 2.00 bits per heavy atom. The average Bonchev–Trinajstić information content (AvgIpc) is 2.01. The maximum absolute atomic E-state index is 10.8. The van der Waals surface area contributed by atoms with E-state index in [1.807, 2.05) is 27.9 Å². The zero-order chi connectivity index (χ0) is 11.1. The minimum atomic E-state index is -0.711. The van der Waals surface area contributed by atoms with Gasteiger partial charge in [-0.2, -0.15) is 0 Å². The number of nitrogens with one attached hydrogen (secondary N) is 1. The van der Waals surface area contributed by atoms with Crippen LogP contribution in [0.3, 0.4) is 0 Å². The molecule has 0 aliphatic heterocycles. The zero-order valence-corrected chi connectivity index (χ0v) is 9.58. The molecule has 0 rings (SSSR count). The van der Waals surface area contributed by atoms with Crippen molar-refractivity contribution in [3.05, 3.63) is 0 Å². The molecular weight excluding hydrogens is 180 g/mol. The first kappa shape index (κ1) is 13.4. The molecule has 0 fully saturated rings. The smallest absolute Gasteiger partial charge is 0.308 e. The number of aliphatic carboxylic acids is 1. The second-order valence-corrected chi connectivity index (χ2v) is 4.20. The van der Waals surface area contributed by atoms with Gasteiger partial charge in [0.15, 0.2) is 0 Å². The largest absolute Gasteiger partial charge is 0.481 e. The molecule has 0 amide bonds. The van der Waals surface area contributed by atoms with Crippen molar-refractivity contribution in [2.24, 2.45) is 11.8 Å². The summed E-state index contributed by atoms with van der Waals surface area (Å²) in [6.45, 7) is 6.20. The van der Waals surface area contributed by atoms with Gasteiger partial charge in [0, 0.05) is 19.6 Å². The van der Waals surface area contributed by atoms with Gasteiger partial charge < -0.3 is 15.3 Å². The van der Waals surface area contributed by atoms with E-state index in [9.17, 15) is 4.79 Å². The van der Waals surface area contributed by atoms with E-state index in [2.05, 4.69) is 10.2 Å². The molecule has 0 aromatic heterocycles. The fourth-order valence-electron chi connectivity index (χ4n) is 1.17. The van der Waals surface area contributed by atoms with E-state index in [-0.39, 0.29) is 11.8 Å². The lowest BCUT2D eigenvalue weighted by atomic mass is 9.96. The van der Waals surface area contributed by atoms with E-state index in [1.165, 1.54) is 0 Å². The quantitative estimate of drug-likeness (QED) is 0.590. The minimum Gasteiger partial charge on any atom is -0.481 e. The molecule has 2 N–H and O–H groups in total. The SMILES string of the molecule is CC(C)C(CNCCN(C)C)C(=O)O. The van der Waals surface area contributed by atoms with Crippen molar-refractivity contribution in [2.45, 2.75) is 13.8 Å². The van der Waals surface area contributed by atoms with Gasteiger partial charge in [0.2, 0.25) is 0 Å². The number of nitrogens with zero attached hydrogens (tertiary/aromatic N) is 1. The van der Waals surface area contributed by atoms with Crippen molar-refractivity contribution in [3.63, 3.8) is 0 Å². The van der Waals surface area contributed by atoms with E-state index in [1.54, 1.807) is 0 Å². The van der Waals surface area contributed by atoms with E-state index in [0.29, 0.717) is 6.54 Å². The number of hydrogen-bond donors (Lipinski definition) is 2. The Balaban J connectivity index is 3.67. The third-order valence-corrected chi connectivity index (χ3v) is 2.22. The fraction of sp³-hybridized carbons (Fsp3) is 0.900. The van der Waals surface area contributed by atoms with E-state index < -0.39 is 5.97 Å². The summed E-state index contributed by atoms with van der Waals surface area (Å²) in [6.07, 6.45) is 0. The topological polar surface area (TPSA) is 52.6 Å². The predicted octanol–water partition coefficient (Wildman–Crippen LogP) is 0.494. The van der Waals surface area contributed by atoms with Crippen LogP contribution in [0.15, 0.2) is 0 Å². The number of likely N-dealkylation sites (N-methyl/N-ethyl adjacent to an activating group) is 1. The molecule has 84 valence electrons. The van der Waals surface area contributed by atoms with Crippen LogP contribution in [0.5, 0.6) is 0 Å². The van der Waals surface area contributed by atoms with Gasteiger partial charge in [-0.15, -0.1) is 0 Å². The van der Waals surface area contributed by atoms with Crippen molar-refractivity contribution in [1.82, 2.24) is 10.2 Å². The number of hydrogen-bond acceptors (Lipinski definition) is 3. The number of rotatable bonds is 7. The highest BCUT2D eigenvalue weighted by Gasteiger charge is 2.20. The Morgan fingerprint density at radius 1 is 1.43 bits per heavy atom. The first-order valence-corrected chi connectivity index (χ1v) is 5.03. The fourth-order valence-corrected chi connectivity index (χ4v) is 1.17. The predicted molar refractivity (Wildman–Crippen MR) is 57.4 cm³/mol. The standard InChI is InChI=1S/C10H22N2O2/c1-8(2)9(10(13)14)7-11-5-6-12(3)4/h8-9,11H,5-7H2,1-4H3,(H,13,14). The highest BCUT2D eigenvalue weighted by molar-refractivity contribution is 5.70. The third kappa shape index (κ3) is 5.94. The van der Waals surface area contributed by atoms with Gasteiger partial charge in [-0.25, -0.2) is 0 Å². The van der Waals surface area contributed by atoms with E-state index in [0.717, 1.165) is 13.1 Å².